The lowest BCUT2D eigenvalue weighted by Crippen LogP contribution is -2.17. The molecule has 4 N–H and O–H groups in total. The van der Waals surface area contributed by atoms with E-state index in [-0.39, 0.29) is 23.6 Å². The SMILES string of the molecule is NC(=O)c1cc(-c2ccccc2)sc1NC(=O)Cc1ccccc1O. The van der Waals surface area contributed by atoms with E-state index < -0.39 is 5.91 Å². The highest BCUT2D eigenvalue weighted by Gasteiger charge is 2.17. The molecule has 0 aliphatic carbocycles. The molecule has 2 amide bonds. The predicted octanol–water partition coefficient (Wildman–Crippen LogP) is 3.40. The van der Waals surface area contributed by atoms with Crippen LogP contribution in [0.2, 0.25) is 0 Å². The third kappa shape index (κ3) is 3.87. The first kappa shape index (κ1) is 16.7. The number of phenols is 1. The van der Waals surface area contributed by atoms with E-state index in [1.54, 1.807) is 24.3 Å². The van der Waals surface area contributed by atoms with E-state index in [1.165, 1.54) is 17.4 Å². The van der Waals surface area contributed by atoms with E-state index >= 15 is 0 Å². The summed E-state index contributed by atoms with van der Waals surface area (Å²) in [5.41, 5.74) is 7.16. The highest BCUT2D eigenvalue weighted by atomic mass is 32.1. The number of anilines is 1. The van der Waals surface area contributed by atoms with Crippen molar-refractivity contribution >= 4 is 28.2 Å². The summed E-state index contributed by atoms with van der Waals surface area (Å²) in [6.07, 6.45) is 0.00342. The van der Waals surface area contributed by atoms with Gasteiger partial charge in [-0.15, -0.1) is 11.3 Å². The first-order valence-electron chi connectivity index (χ1n) is 7.60. The molecule has 0 unspecified atom stereocenters. The molecular weight excluding hydrogens is 336 g/mol. The molecule has 1 aromatic heterocycles. The summed E-state index contributed by atoms with van der Waals surface area (Å²) in [7, 11) is 0. The van der Waals surface area contributed by atoms with Gasteiger partial charge in [-0.3, -0.25) is 9.59 Å². The number of thiophene rings is 1. The van der Waals surface area contributed by atoms with Gasteiger partial charge >= 0.3 is 0 Å². The topological polar surface area (TPSA) is 92.4 Å². The van der Waals surface area contributed by atoms with Crippen molar-refractivity contribution in [3.05, 3.63) is 71.8 Å². The zero-order chi connectivity index (χ0) is 17.8. The van der Waals surface area contributed by atoms with Gasteiger partial charge in [-0.05, 0) is 17.7 Å². The number of nitrogens with one attached hydrogen (secondary N) is 1. The van der Waals surface area contributed by atoms with Gasteiger partial charge in [0.2, 0.25) is 5.91 Å². The number of hydrogen-bond acceptors (Lipinski definition) is 4. The minimum absolute atomic E-state index is 0.00342. The molecule has 25 heavy (non-hydrogen) atoms. The lowest BCUT2D eigenvalue weighted by atomic mass is 10.1. The molecule has 0 spiro atoms. The van der Waals surface area contributed by atoms with Crippen LogP contribution in [0.1, 0.15) is 15.9 Å². The second kappa shape index (κ2) is 7.19. The number of hydrogen-bond donors (Lipinski definition) is 3. The molecule has 0 bridgehead atoms. The highest BCUT2D eigenvalue weighted by Crippen LogP contribution is 2.35. The Morgan fingerprint density at radius 1 is 1.04 bits per heavy atom. The van der Waals surface area contributed by atoms with Crippen LogP contribution in [0.25, 0.3) is 10.4 Å². The molecule has 0 aliphatic heterocycles. The van der Waals surface area contributed by atoms with Gasteiger partial charge in [0.05, 0.1) is 12.0 Å². The number of carbonyl (C=O) groups excluding carboxylic acids is 2. The Kier molecular flexibility index (Phi) is 4.81. The van der Waals surface area contributed by atoms with Crippen LogP contribution in [0.4, 0.5) is 5.00 Å². The van der Waals surface area contributed by atoms with Crippen molar-refractivity contribution in [2.45, 2.75) is 6.42 Å². The van der Waals surface area contributed by atoms with Crippen LogP contribution in [0.5, 0.6) is 5.75 Å². The number of nitrogens with two attached hydrogens (primary N) is 1. The summed E-state index contributed by atoms with van der Waals surface area (Å²) >= 11 is 1.29. The molecule has 5 nitrogen and oxygen atoms in total. The van der Waals surface area contributed by atoms with E-state index in [1.807, 2.05) is 30.3 Å². The number of phenolic OH excluding ortho intramolecular Hbond substituents is 1. The van der Waals surface area contributed by atoms with Gasteiger partial charge in [0, 0.05) is 10.4 Å². The second-order valence-corrected chi connectivity index (χ2v) is 6.49. The summed E-state index contributed by atoms with van der Waals surface area (Å²) in [6.45, 7) is 0. The quantitative estimate of drug-likeness (QED) is 0.657. The molecule has 126 valence electrons. The summed E-state index contributed by atoms with van der Waals surface area (Å²) in [4.78, 5) is 24.8. The maximum absolute atomic E-state index is 12.3. The maximum Gasteiger partial charge on any atom is 0.251 e. The van der Waals surface area contributed by atoms with Crippen LogP contribution in [0.3, 0.4) is 0 Å². The van der Waals surface area contributed by atoms with Crippen molar-refractivity contribution in [1.82, 2.24) is 0 Å². The molecule has 0 fully saturated rings. The predicted molar refractivity (Wildman–Crippen MR) is 98.7 cm³/mol. The minimum atomic E-state index is -0.601. The number of rotatable bonds is 5. The standard InChI is InChI=1S/C19H16N2O3S/c20-18(24)14-11-16(12-6-2-1-3-7-12)25-19(14)21-17(23)10-13-8-4-5-9-15(13)22/h1-9,11,22H,10H2,(H2,20,24)(H,21,23). The van der Waals surface area contributed by atoms with E-state index in [9.17, 15) is 14.7 Å². The third-order valence-corrected chi connectivity index (χ3v) is 4.75. The van der Waals surface area contributed by atoms with E-state index in [0.717, 1.165) is 10.4 Å². The van der Waals surface area contributed by atoms with Gasteiger partial charge in [0.15, 0.2) is 0 Å². The Balaban J connectivity index is 1.84. The van der Waals surface area contributed by atoms with Gasteiger partial charge in [-0.25, -0.2) is 0 Å². The molecule has 3 rings (SSSR count). The molecule has 0 saturated carbocycles. The third-order valence-electron chi connectivity index (χ3n) is 3.65. The number of primary amides is 1. The summed E-state index contributed by atoms with van der Waals surface area (Å²) in [5, 5.41) is 12.9. The number of para-hydroxylation sites is 1. The Bertz CT molecular complexity index is 919. The van der Waals surface area contributed by atoms with Gasteiger partial charge < -0.3 is 16.2 Å². The van der Waals surface area contributed by atoms with Crippen molar-refractivity contribution in [3.63, 3.8) is 0 Å². The number of benzene rings is 2. The molecule has 0 saturated heterocycles. The van der Waals surface area contributed by atoms with Crippen LogP contribution in [0, 0.1) is 0 Å². The first-order valence-corrected chi connectivity index (χ1v) is 8.42. The molecule has 3 aromatic rings. The van der Waals surface area contributed by atoms with Crippen LogP contribution < -0.4 is 11.1 Å². The Morgan fingerprint density at radius 2 is 1.72 bits per heavy atom. The smallest absolute Gasteiger partial charge is 0.251 e. The number of amides is 2. The first-order chi connectivity index (χ1) is 12.0. The molecule has 2 aromatic carbocycles. The average molecular weight is 352 g/mol. The fraction of sp³-hybridized carbons (Fsp3) is 0.0526. The second-order valence-electron chi connectivity index (χ2n) is 5.44. The highest BCUT2D eigenvalue weighted by molar-refractivity contribution is 7.20. The van der Waals surface area contributed by atoms with Crippen LogP contribution in [-0.2, 0) is 11.2 Å². The molecule has 0 radical (unpaired) electrons. The van der Waals surface area contributed by atoms with Gasteiger partial charge in [0.25, 0.3) is 5.91 Å². The van der Waals surface area contributed by atoms with Crippen molar-refractivity contribution in [2.75, 3.05) is 5.32 Å². The molecule has 0 aliphatic rings. The summed E-state index contributed by atoms with van der Waals surface area (Å²) < 4.78 is 0. The van der Waals surface area contributed by atoms with Gasteiger partial charge in [-0.1, -0.05) is 48.5 Å². The number of carbonyl (C=O) groups is 2. The van der Waals surface area contributed by atoms with Crippen molar-refractivity contribution in [3.8, 4) is 16.2 Å². The number of aromatic hydroxyl groups is 1. The maximum atomic E-state index is 12.3. The molecule has 6 heteroatoms. The summed E-state index contributed by atoms with van der Waals surface area (Å²) in [5.74, 6) is -0.870. The van der Waals surface area contributed by atoms with Crippen molar-refractivity contribution in [1.29, 1.82) is 0 Å². The largest absolute Gasteiger partial charge is 0.508 e. The van der Waals surface area contributed by atoms with E-state index in [2.05, 4.69) is 5.32 Å². The average Bonchev–Trinajstić information content (AvgIpc) is 3.02. The Morgan fingerprint density at radius 3 is 2.40 bits per heavy atom. The zero-order valence-electron chi connectivity index (χ0n) is 13.2. The van der Waals surface area contributed by atoms with Gasteiger partial charge in [0.1, 0.15) is 10.8 Å². The Labute approximate surface area is 148 Å². The fourth-order valence-electron chi connectivity index (χ4n) is 2.42. The van der Waals surface area contributed by atoms with E-state index in [0.29, 0.717) is 10.6 Å². The van der Waals surface area contributed by atoms with Crippen LogP contribution in [0.15, 0.2) is 60.7 Å². The zero-order valence-corrected chi connectivity index (χ0v) is 14.0. The van der Waals surface area contributed by atoms with Crippen LogP contribution in [-0.4, -0.2) is 16.9 Å². The van der Waals surface area contributed by atoms with Crippen molar-refractivity contribution < 1.29 is 14.7 Å². The van der Waals surface area contributed by atoms with Crippen LogP contribution >= 0.6 is 11.3 Å². The van der Waals surface area contributed by atoms with Gasteiger partial charge in [-0.2, -0.15) is 0 Å². The monoisotopic (exact) mass is 352 g/mol. The van der Waals surface area contributed by atoms with Crippen molar-refractivity contribution in [2.24, 2.45) is 5.73 Å². The fourth-order valence-corrected chi connectivity index (χ4v) is 3.50. The lowest BCUT2D eigenvalue weighted by Gasteiger charge is -2.06. The van der Waals surface area contributed by atoms with E-state index in [4.69, 9.17) is 5.73 Å². The molecule has 1 heterocycles. The minimum Gasteiger partial charge on any atom is -0.508 e. The molecule has 0 atom stereocenters. The Hall–Kier alpha value is -3.12. The lowest BCUT2D eigenvalue weighted by molar-refractivity contribution is -0.115. The molecular formula is C19H16N2O3S. The normalized spacial score (nSPS) is 10.4. The summed E-state index contributed by atoms with van der Waals surface area (Å²) in [6, 6.07) is 17.9.